The number of halogens is 1. The van der Waals surface area contributed by atoms with Crippen molar-refractivity contribution in [3.63, 3.8) is 0 Å². The van der Waals surface area contributed by atoms with Gasteiger partial charge in [-0.2, -0.15) is 0 Å². The van der Waals surface area contributed by atoms with Crippen LogP contribution in [-0.2, 0) is 20.7 Å². The standard InChI is InChI=1S/C25H28ClN7O4/c26-18-12-17(13-20(14-18)31-8-10-36-11-9-31)25-30-29-22(37-25)15-23(35)32-6-3-19(4-7-32)33(16-34)21-2-1-5-28-24(21)27/h1-2,5,12-14,16,19H,3-4,6-11,15H2,(H2,27,28). The van der Waals surface area contributed by atoms with Crippen LogP contribution in [0, 0.1) is 0 Å². The van der Waals surface area contributed by atoms with Crippen LogP contribution in [0.2, 0.25) is 5.02 Å². The van der Waals surface area contributed by atoms with Crippen LogP contribution < -0.4 is 15.5 Å². The molecule has 0 bridgehead atoms. The van der Waals surface area contributed by atoms with E-state index < -0.39 is 0 Å². The molecule has 2 N–H and O–H groups in total. The number of hydrogen-bond acceptors (Lipinski definition) is 9. The van der Waals surface area contributed by atoms with Crippen LogP contribution in [0.4, 0.5) is 17.2 Å². The van der Waals surface area contributed by atoms with Gasteiger partial charge in [-0.3, -0.25) is 9.59 Å². The minimum Gasteiger partial charge on any atom is -0.420 e. The van der Waals surface area contributed by atoms with Gasteiger partial charge in [-0.1, -0.05) is 11.6 Å². The van der Waals surface area contributed by atoms with E-state index >= 15 is 0 Å². The number of rotatable bonds is 7. The Balaban J connectivity index is 1.20. The minimum absolute atomic E-state index is 0.00149. The lowest BCUT2D eigenvalue weighted by atomic mass is 10.0. The van der Waals surface area contributed by atoms with E-state index in [1.807, 2.05) is 12.1 Å². The molecule has 194 valence electrons. The Morgan fingerprint density at radius 3 is 2.68 bits per heavy atom. The summed E-state index contributed by atoms with van der Waals surface area (Å²) in [6.07, 6.45) is 3.61. The van der Waals surface area contributed by atoms with Gasteiger partial charge in [0.25, 0.3) is 0 Å². The number of aromatic nitrogens is 3. The highest BCUT2D eigenvalue weighted by atomic mass is 35.5. The molecule has 2 amide bonds. The van der Waals surface area contributed by atoms with Gasteiger partial charge in [0.05, 0.1) is 18.9 Å². The summed E-state index contributed by atoms with van der Waals surface area (Å²) < 4.78 is 11.3. The van der Waals surface area contributed by atoms with Crippen LogP contribution >= 0.6 is 11.6 Å². The van der Waals surface area contributed by atoms with Crippen molar-refractivity contribution in [2.45, 2.75) is 25.3 Å². The molecule has 0 atom stereocenters. The molecule has 4 heterocycles. The van der Waals surface area contributed by atoms with Gasteiger partial charge in [0.15, 0.2) is 0 Å². The summed E-state index contributed by atoms with van der Waals surface area (Å²) in [5, 5.41) is 8.80. The maximum atomic E-state index is 12.9. The van der Waals surface area contributed by atoms with Crippen molar-refractivity contribution < 1.29 is 18.7 Å². The van der Waals surface area contributed by atoms with E-state index in [1.54, 1.807) is 34.2 Å². The van der Waals surface area contributed by atoms with Crippen molar-refractivity contribution in [2.75, 3.05) is 54.9 Å². The zero-order chi connectivity index (χ0) is 25.8. The van der Waals surface area contributed by atoms with E-state index in [9.17, 15) is 9.59 Å². The average Bonchev–Trinajstić information content (AvgIpc) is 3.39. The number of carbonyl (C=O) groups is 2. The van der Waals surface area contributed by atoms with Crippen molar-refractivity contribution in [1.82, 2.24) is 20.1 Å². The zero-order valence-corrected chi connectivity index (χ0v) is 21.0. The minimum atomic E-state index is -0.104. The number of anilines is 3. The molecule has 0 aliphatic carbocycles. The van der Waals surface area contributed by atoms with Crippen LogP contribution in [-0.4, -0.2) is 77.8 Å². The second-order valence-corrected chi connectivity index (χ2v) is 9.44. The monoisotopic (exact) mass is 525 g/mol. The van der Waals surface area contributed by atoms with Gasteiger partial charge >= 0.3 is 0 Å². The highest BCUT2D eigenvalue weighted by Crippen LogP contribution is 2.30. The van der Waals surface area contributed by atoms with Gasteiger partial charge in [0.1, 0.15) is 12.2 Å². The Morgan fingerprint density at radius 2 is 1.95 bits per heavy atom. The molecule has 0 spiro atoms. The predicted molar refractivity (Wildman–Crippen MR) is 138 cm³/mol. The van der Waals surface area contributed by atoms with Gasteiger partial charge < -0.3 is 29.6 Å². The Labute approximate surface area is 219 Å². The van der Waals surface area contributed by atoms with Gasteiger partial charge in [-0.25, -0.2) is 4.98 Å². The molecule has 0 radical (unpaired) electrons. The molecule has 5 rings (SSSR count). The normalized spacial score (nSPS) is 16.6. The summed E-state index contributed by atoms with van der Waals surface area (Å²) >= 11 is 6.36. The van der Waals surface area contributed by atoms with E-state index in [4.69, 9.17) is 26.5 Å². The van der Waals surface area contributed by atoms with Crippen molar-refractivity contribution in [2.24, 2.45) is 0 Å². The summed E-state index contributed by atoms with van der Waals surface area (Å²) in [4.78, 5) is 34.3. The number of piperidine rings is 1. The van der Waals surface area contributed by atoms with Crippen LogP contribution in [0.3, 0.4) is 0 Å². The van der Waals surface area contributed by atoms with E-state index in [0.29, 0.717) is 67.1 Å². The summed E-state index contributed by atoms with van der Waals surface area (Å²) in [6.45, 7) is 3.90. The summed E-state index contributed by atoms with van der Waals surface area (Å²) in [7, 11) is 0. The third-order valence-electron chi connectivity index (χ3n) is 6.69. The molecule has 12 heteroatoms. The molecule has 2 fully saturated rings. The largest absolute Gasteiger partial charge is 0.420 e. The number of nitrogen functional groups attached to an aromatic ring is 1. The summed E-state index contributed by atoms with van der Waals surface area (Å²) in [6, 6.07) is 9.07. The second-order valence-electron chi connectivity index (χ2n) is 9.01. The third kappa shape index (κ3) is 5.67. The maximum Gasteiger partial charge on any atom is 0.247 e. The second kappa shape index (κ2) is 11.1. The van der Waals surface area contributed by atoms with Gasteiger partial charge in [0.2, 0.25) is 24.1 Å². The Kier molecular flexibility index (Phi) is 7.52. The van der Waals surface area contributed by atoms with Gasteiger partial charge in [-0.15, -0.1) is 10.2 Å². The lowest BCUT2D eigenvalue weighted by Crippen LogP contribution is -2.47. The summed E-state index contributed by atoms with van der Waals surface area (Å²) in [5.41, 5.74) is 8.19. The van der Waals surface area contributed by atoms with E-state index in [0.717, 1.165) is 25.2 Å². The number of nitrogens with zero attached hydrogens (tertiary/aromatic N) is 6. The Bertz CT molecular complexity index is 1260. The lowest BCUT2D eigenvalue weighted by Gasteiger charge is -2.36. The van der Waals surface area contributed by atoms with Crippen LogP contribution in [0.1, 0.15) is 18.7 Å². The van der Waals surface area contributed by atoms with E-state index in [2.05, 4.69) is 20.1 Å². The molecular weight excluding hydrogens is 498 g/mol. The number of carbonyl (C=O) groups excluding carboxylic acids is 2. The van der Waals surface area contributed by atoms with Crippen LogP contribution in [0.5, 0.6) is 0 Å². The number of pyridine rings is 1. The van der Waals surface area contributed by atoms with E-state index in [-0.39, 0.29) is 24.3 Å². The van der Waals surface area contributed by atoms with Gasteiger partial charge in [0, 0.05) is 54.7 Å². The third-order valence-corrected chi connectivity index (χ3v) is 6.91. The van der Waals surface area contributed by atoms with Crippen molar-refractivity contribution in [3.05, 3.63) is 47.4 Å². The zero-order valence-electron chi connectivity index (χ0n) is 20.3. The first-order valence-electron chi connectivity index (χ1n) is 12.2. The van der Waals surface area contributed by atoms with Crippen molar-refractivity contribution in [3.8, 4) is 11.5 Å². The first-order valence-corrected chi connectivity index (χ1v) is 12.6. The quantitative estimate of drug-likeness (QED) is 0.462. The fraction of sp³-hybridized carbons (Fsp3) is 0.400. The molecule has 3 aromatic rings. The molecule has 0 saturated carbocycles. The molecule has 2 aliphatic heterocycles. The first kappa shape index (κ1) is 25.0. The number of benzene rings is 1. The first-order chi connectivity index (χ1) is 18.0. The van der Waals surface area contributed by atoms with E-state index in [1.165, 1.54) is 0 Å². The highest BCUT2D eigenvalue weighted by molar-refractivity contribution is 6.31. The van der Waals surface area contributed by atoms with Crippen molar-refractivity contribution >= 4 is 41.1 Å². The molecule has 11 nitrogen and oxygen atoms in total. The molecule has 1 aromatic carbocycles. The average molecular weight is 526 g/mol. The smallest absolute Gasteiger partial charge is 0.247 e. The molecule has 37 heavy (non-hydrogen) atoms. The molecular formula is C25H28ClN7O4. The Morgan fingerprint density at radius 1 is 1.16 bits per heavy atom. The van der Waals surface area contributed by atoms with Crippen LogP contribution in [0.15, 0.2) is 40.9 Å². The molecule has 2 saturated heterocycles. The van der Waals surface area contributed by atoms with Crippen LogP contribution in [0.25, 0.3) is 11.5 Å². The number of likely N-dealkylation sites (tertiary alicyclic amines) is 1. The number of ether oxygens (including phenoxy) is 1. The number of morpholine rings is 1. The topological polar surface area (TPSA) is 131 Å². The Hall–Kier alpha value is -3.70. The van der Waals surface area contributed by atoms with Crippen molar-refractivity contribution in [1.29, 1.82) is 0 Å². The lowest BCUT2D eigenvalue weighted by molar-refractivity contribution is -0.131. The number of nitrogens with two attached hydrogens (primary N) is 1. The molecule has 0 unspecified atom stereocenters. The van der Waals surface area contributed by atoms with Gasteiger partial charge in [-0.05, 0) is 43.2 Å². The number of hydrogen-bond donors (Lipinski definition) is 1. The summed E-state index contributed by atoms with van der Waals surface area (Å²) in [5.74, 6) is 0.756. The number of amides is 2. The maximum absolute atomic E-state index is 12.9. The fourth-order valence-corrected chi connectivity index (χ4v) is 4.97. The highest BCUT2D eigenvalue weighted by Gasteiger charge is 2.29. The predicted octanol–water partition coefficient (Wildman–Crippen LogP) is 2.40. The molecule has 2 aliphatic rings. The SMILES string of the molecule is Nc1ncccc1N(C=O)C1CCN(C(=O)Cc2nnc(-c3cc(Cl)cc(N4CCOCC4)c3)o2)CC1. The fourth-order valence-electron chi connectivity index (χ4n) is 4.74. The molecule has 2 aromatic heterocycles.